The highest BCUT2D eigenvalue weighted by atomic mass is 79.9. The second-order valence-electron chi connectivity index (χ2n) is 5.16. The molecule has 0 radical (unpaired) electrons. The number of carbonyl (C=O) groups is 1. The Labute approximate surface area is 158 Å². The van der Waals surface area contributed by atoms with Crippen LogP contribution in [0.25, 0.3) is 5.57 Å². The Morgan fingerprint density at radius 1 is 1.40 bits per heavy atom. The van der Waals surface area contributed by atoms with Crippen LogP contribution in [0, 0.1) is 0 Å². The van der Waals surface area contributed by atoms with Crippen LogP contribution < -0.4 is 15.4 Å². The Morgan fingerprint density at radius 3 is 2.96 bits per heavy atom. The van der Waals surface area contributed by atoms with Crippen molar-refractivity contribution >= 4 is 55.2 Å². The van der Waals surface area contributed by atoms with E-state index in [4.69, 9.17) is 0 Å². The summed E-state index contributed by atoms with van der Waals surface area (Å²) in [5.74, 6) is -0.331. The van der Waals surface area contributed by atoms with Gasteiger partial charge in [0.1, 0.15) is 4.88 Å². The van der Waals surface area contributed by atoms with E-state index < -0.39 is 0 Å². The monoisotopic (exact) mass is 434 g/mol. The summed E-state index contributed by atoms with van der Waals surface area (Å²) in [6.07, 6.45) is 1.68. The predicted molar refractivity (Wildman–Crippen MR) is 99.4 cm³/mol. The number of nitrogens with zero attached hydrogens (tertiary/aromatic N) is 4. The summed E-state index contributed by atoms with van der Waals surface area (Å²) < 4.78 is 2.51. The molecule has 0 fully saturated rings. The van der Waals surface area contributed by atoms with Crippen molar-refractivity contribution in [3.05, 3.63) is 54.5 Å². The molecule has 0 bridgehead atoms. The molecule has 0 atom stereocenters. The summed E-state index contributed by atoms with van der Waals surface area (Å²) in [5.41, 5.74) is 0.404. The lowest BCUT2D eigenvalue weighted by Crippen LogP contribution is -2.22. The van der Waals surface area contributed by atoms with Crippen LogP contribution in [-0.2, 0) is 11.3 Å². The Kier molecular flexibility index (Phi) is 4.14. The number of benzene rings is 1. The summed E-state index contributed by atoms with van der Waals surface area (Å²) in [7, 11) is 0. The molecule has 126 valence electrons. The zero-order chi connectivity index (χ0) is 17.6. The number of aromatic hydroxyl groups is 1. The van der Waals surface area contributed by atoms with E-state index in [-0.39, 0.29) is 11.8 Å². The second kappa shape index (κ2) is 6.32. The highest BCUT2D eigenvalue weighted by molar-refractivity contribution is 9.10. The fourth-order valence-electron chi connectivity index (χ4n) is 2.60. The van der Waals surface area contributed by atoms with Crippen molar-refractivity contribution in [1.29, 1.82) is 0 Å². The standard InChI is InChI=1S/C16H11BrN4O2S2/c1-2-21-14(23)12(25-16(21)20-15-18-5-6-24-15)11-9-7-8(17)3-4-10(9)19-13(11)22/h3-7,23H,2H2,1H3/b20-16+. The van der Waals surface area contributed by atoms with Gasteiger partial charge in [0.05, 0.1) is 10.9 Å². The third-order valence-electron chi connectivity index (χ3n) is 3.70. The summed E-state index contributed by atoms with van der Waals surface area (Å²) in [6.45, 7) is 2.43. The van der Waals surface area contributed by atoms with Gasteiger partial charge in [0.15, 0.2) is 4.80 Å². The van der Waals surface area contributed by atoms with Crippen molar-refractivity contribution in [2.45, 2.75) is 13.5 Å². The van der Waals surface area contributed by atoms with Crippen molar-refractivity contribution in [2.75, 3.05) is 0 Å². The largest absolute Gasteiger partial charge is 0.493 e. The first-order chi connectivity index (χ1) is 12.1. The number of halogens is 1. The van der Waals surface area contributed by atoms with Gasteiger partial charge in [-0.1, -0.05) is 27.3 Å². The molecule has 3 heterocycles. The van der Waals surface area contributed by atoms with Crippen molar-refractivity contribution in [3.8, 4) is 5.88 Å². The molecule has 1 N–H and O–H groups in total. The highest BCUT2D eigenvalue weighted by Crippen LogP contribution is 2.29. The average Bonchev–Trinajstić information content (AvgIpc) is 3.26. The van der Waals surface area contributed by atoms with Gasteiger partial charge in [-0.3, -0.25) is 9.36 Å². The molecule has 0 saturated heterocycles. The normalized spacial score (nSPS) is 14.1. The number of rotatable bonds is 3. The lowest BCUT2D eigenvalue weighted by Gasteiger charge is -2.01. The summed E-state index contributed by atoms with van der Waals surface area (Å²) in [4.78, 5) is 26.2. The van der Waals surface area contributed by atoms with Crippen molar-refractivity contribution < 1.29 is 9.90 Å². The molecule has 3 aromatic rings. The first-order valence-electron chi connectivity index (χ1n) is 7.38. The van der Waals surface area contributed by atoms with Crippen molar-refractivity contribution in [3.63, 3.8) is 0 Å². The van der Waals surface area contributed by atoms with Gasteiger partial charge in [0.2, 0.25) is 11.0 Å². The number of aromatic nitrogens is 2. The zero-order valence-electron chi connectivity index (χ0n) is 12.9. The molecule has 0 unspecified atom stereocenters. The number of hydrogen-bond acceptors (Lipinski definition) is 6. The minimum atomic E-state index is -0.353. The first kappa shape index (κ1) is 16.4. The number of amides is 1. The minimum absolute atomic E-state index is 0.0224. The zero-order valence-corrected chi connectivity index (χ0v) is 16.2. The predicted octanol–water partition coefficient (Wildman–Crippen LogP) is 2.09. The quantitative estimate of drug-likeness (QED) is 0.684. The van der Waals surface area contributed by atoms with Gasteiger partial charge in [0.25, 0.3) is 5.91 Å². The highest BCUT2D eigenvalue weighted by Gasteiger charge is 2.25. The molecule has 0 saturated carbocycles. The van der Waals surface area contributed by atoms with Gasteiger partial charge in [-0.2, -0.15) is 4.99 Å². The SMILES string of the molecule is CCn1c(O)c(C2=c3cc(Br)ccc3=NC2=O)s/c1=N/c1nccs1. The van der Waals surface area contributed by atoms with Gasteiger partial charge in [-0.25, -0.2) is 9.98 Å². The molecule has 9 heteroatoms. The maximum Gasteiger partial charge on any atom is 0.279 e. The van der Waals surface area contributed by atoms with Crippen LogP contribution in [0.2, 0.25) is 0 Å². The molecule has 1 aromatic carbocycles. The van der Waals surface area contributed by atoms with Crippen molar-refractivity contribution in [2.24, 2.45) is 9.98 Å². The summed E-state index contributed by atoms with van der Waals surface area (Å²) >= 11 is 6.09. The van der Waals surface area contributed by atoms with E-state index in [1.54, 1.807) is 16.8 Å². The van der Waals surface area contributed by atoms with Crippen LogP contribution in [0.15, 0.2) is 44.2 Å². The van der Waals surface area contributed by atoms with Gasteiger partial charge in [0, 0.05) is 27.8 Å². The van der Waals surface area contributed by atoms with Crippen molar-refractivity contribution in [1.82, 2.24) is 9.55 Å². The molecule has 25 heavy (non-hydrogen) atoms. The Balaban J connectivity index is 2.02. The van der Waals surface area contributed by atoms with E-state index >= 15 is 0 Å². The maximum absolute atomic E-state index is 12.4. The van der Waals surface area contributed by atoms with Gasteiger partial charge < -0.3 is 5.11 Å². The number of fused-ring (bicyclic) bond motifs is 1. The Morgan fingerprint density at radius 2 is 2.24 bits per heavy atom. The Bertz CT molecular complexity index is 1180. The summed E-state index contributed by atoms with van der Waals surface area (Å²) in [6, 6.07) is 5.46. The molecule has 0 aliphatic carbocycles. The molecular weight excluding hydrogens is 424 g/mol. The lowest BCUT2D eigenvalue weighted by molar-refractivity contribution is -0.112. The van der Waals surface area contributed by atoms with E-state index in [1.165, 1.54) is 22.7 Å². The fourth-order valence-corrected chi connectivity index (χ4v) is 4.66. The average molecular weight is 435 g/mol. The van der Waals surface area contributed by atoms with Gasteiger partial charge >= 0.3 is 0 Å². The van der Waals surface area contributed by atoms with Crippen LogP contribution in [0.1, 0.15) is 11.8 Å². The third-order valence-corrected chi connectivity index (χ3v) is 5.94. The lowest BCUT2D eigenvalue weighted by atomic mass is 10.1. The summed E-state index contributed by atoms with van der Waals surface area (Å²) in [5, 5.41) is 14.4. The molecule has 4 rings (SSSR count). The van der Waals surface area contributed by atoms with E-state index in [1.807, 2.05) is 24.4 Å². The molecule has 6 nitrogen and oxygen atoms in total. The molecule has 0 spiro atoms. The smallest absolute Gasteiger partial charge is 0.279 e. The third kappa shape index (κ3) is 2.78. The van der Waals surface area contributed by atoms with E-state index in [9.17, 15) is 9.90 Å². The van der Waals surface area contributed by atoms with E-state index in [2.05, 4.69) is 30.9 Å². The second-order valence-corrected chi connectivity index (χ2v) is 7.93. The van der Waals surface area contributed by atoms with Gasteiger partial charge in [-0.15, -0.1) is 11.3 Å². The van der Waals surface area contributed by atoms with Crippen LogP contribution in [0.5, 0.6) is 5.88 Å². The van der Waals surface area contributed by atoms with E-state index in [0.29, 0.717) is 37.5 Å². The van der Waals surface area contributed by atoms with Crippen LogP contribution in [0.3, 0.4) is 0 Å². The molecule has 2 aromatic heterocycles. The van der Waals surface area contributed by atoms with Crippen LogP contribution in [-0.4, -0.2) is 20.6 Å². The molecule has 1 aliphatic rings. The molecule has 1 amide bonds. The molecule has 1 aliphatic heterocycles. The number of carbonyl (C=O) groups excluding carboxylic acids is 1. The topological polar surface area (TPSA) is 79.8 Å². The molecular formula is C16H11BrN4O2S2. The maximum atomic E-state index is 12.4. The first-order valence-corrected chi connectivity index (χ1v) is 9.87. The fraction of sp³-hybridized carbons (Fsp3) is 0.125. The van der Waals surface area contributed by atoms with Crippen LogP contribution >= 0.6 is 38.6 Å². The number of thiazole rings is 2. The van der Waals surface area contributed by atoms with E-state index in [0.717, 1.165) is 4.47 Å². The number of hydrogen-bond donors (Lipinski definition) is 1. The van der Waals surface area contributed by atoms with Gasteiger partial charge in [-0.05, 0) is 25.1 Å². The minimum Gasteiger partial charge on any atom is -0.493 e. The Hall–Kier alpha value is -2.10. The van der Waals surface area contributed by atoms with Crippen LogP contribution in [0.4, 0.5) is 5.13 Å².